The summed E-state index contributed by atoms with van der Waals surface area (Å²) in [5.41, 5.74) is 6.79. The van der Waals surface area contributed by atoms with Crippen LogP contribution in [0.5, 0.6) is 0 Å². The Labute approximate surface area is 133 Å². The molecule has 4 N–H and O–H groups in total. The highest BCUT2D eigenvalue weighted by atomic mass is 35.5. The van der Waals surface area contributed by atoms with Crippen molar-refractivity contribution in [2.24, 2.45) is 5.73 Å². The van der Waals surface area contributed by atoms with Gasteiger partial charge in [0.2, 0.25) is 5.91 Å². The van der Waals surface area contributed by atoms with Crippen molar-refractivity contribution in [1.29, 1.82) is 0 Å². The van der Waals surface area contributed by atoms with E-state index in [1.807, 2.05) is 6.07 Å². The molecule has 0 heterocycles. The highest BCUT2D eigenvalue weighted by molar-refractivity contribution is 6.31. The fraction of sp³-hybridized carbons (Fsp3) is 0.125. The van der Waals surface area contributed by atoms with Crippen LogP contribution >= 0.6 is 11.6 Å². The van der Waals surface area contributed by atoms with E-state index in [9.17, 15) is 9.59 Å². The van der Waals surface area contributed by atoms with Gasteiger partial charge in [-0.2, -0.15) is 0 Å². The third-order valence-electron chi connectivity index (χ3n) is 2.91. The summed E-state index contributed by atoms with van der Waals surface area (Å²) < 4.78 is 0. The second-order valence-electron chi connectivity index (χ2n) is 4.60. The first-order valence-corrected chi connectivity index (χ1v) is 7.14. The summed E-state index contributed by atoms with van der Waals surface area (Å²) in [6, 6.07) is 13.7. The number of amides is 2. The van der Waals surface area contributed by atoms with Gasteiger partial charge < -0.3 is 16.4 Å². The molecule has 114 valence electrons. The molecule has 0 unspecified atom stereocenters. The third-order valence-corrected chi connectivity index (χ3v) is 3.15. The Morgan fingerprint density at radius 3 is 2.41 bits per heavy atom. The van der Waals surface area contributed by atoms with Gasteiger partial charge in [-0.1, -0.05) is 29.8 Å². The van der Waals surface area contributed by atoms with Gasteiger partial charge in [0, 0.05) is 23.6 Å². The van der Waals surface area contributed by atoms with E-state index in [2.05, 4.69) is 10.6 Å². The molecular formula is C16H16ClN3O2. The third kappa shape index (κ3) is 4.31. The van der Waals surface area contributed by atoms with Crippen LogP contribution in [0.4, 0.5) is 11.4 Å². The highest BCUT2D eigenvalue weighted by Crippen LogP contribution is 2.26. The van der Waals surface area contributed by atoms with Crippen molar-refractivity contribution in [1.82, 2.24) is 0 Å². The van der Waals surface area contributed by atoms with Crippen LogP contribution in [0.1, 0.15) is 16.8 Å². The smallest absolute Gasteiger partial charge is 0.255 e. The molecule has 0 saturated carbocycles. The number of carbonyl (C=O) groups excluding carboxylic acids is 2. The predicted molar refractivity (Wildman–Crippen MR) is 88.1 cm³/mol. The first kappa shape index (κ1) is 16.0. The minimum Gasteiger partial charge on any atom is -0.330 e. The minimum atomic E-state index is -0.266. The van der Waals surface area contributed by atoms with Crippen LogP contribution in [0.2, 0.25) is 5.02 Å². The van der Waals surface area contributed by atoms with Crippen LogP contribution in [0.25, 0.3) is 0 Å². The molecule has 22 heavy (non-hydrogen) atoms. The number of hydrogen-bond donors (Lipinski definition) is 3. The fourth-order valence-corrected chi connectivity index (χ4v) is 2.03. The summed E-state index contributed by atoms with van der Waals surface area (Å²) in [7, 11) is 0. The van der Waals surface area contributed by atoms with Gasteiger partial charge in [0.1, 0.15) is 0 Å². The maximum atomic E-state index is 12.2. The van der Waals surface area contributed by atoms with Crippen molar-refractivity contribution in [3.05, 3.63) is 59.1 Å². The van der Waals surface area contributed by atoms with Crippen molar-refractivity contribution < 1.29 is 9.59 Å². The van der Waals surface area contributed by atoms with Crippen LogP contribution < -0.4 is 16.4 Å². The maximum absolute atomic E-state index is 12.2. The molecule has 0 aliphatic rings. The number of benzene rings is 2. The number of halogens is 1. The zero-order valence-electron chi connectivity index (χ0n) is 11.8. The molecule has 0 saturated heterocycles. The zero-order valence-corrected chi connectivity index (χ0v) is 12.6. The Kier molecular flexibility index (Phi) is 5.52. The second-order valence-corrected chi connectivity index (χ2v) is 5.03. The Morgan fingerprint density at radius 1 is 1.00 bits per heavy atom. The van der Waals surface area contributed by atoms with Gasteiger partial charge in [0.25, 0.3) is 5.91 Å². The summed E-state index contributed by atoms with van der Waals surface area (Å²) in [5, 5.41) is 5.91. The average Bonchev–Trinajstić information content (AvgIpc) is 2.51. The number of rotatable bonds is 5. The summed E-state index contributed by atoms with van der Waals surface area (Å²) in [4.78, 5) is 23.9. The molecule has 2 rings (SSSR count). The van der Waals surface area contributed by atoms with Gasteiger partial charge in [-0.15, -0.1) is 0 Å². The lowest BCUT2D eigenvalue weighted by atomic mass is 10.2. The van der Waals surface area contributed by atoms with Crippen molar-refractivity contribution in [2.45, 2.75) is 6.42 Å². The topological polar surface area (TPSA) is 84.2 Å². The molecule has 6 heteroatoms. The monoisotopic (exact) mass is 317 g/mol. The molecule has 2 aromatic rings. The van der Waals surface area contributed by atoms with E-state index in [1.54, 1.807) is 42.5 Å². The molecule has 0 aliphatic heterocycles. The lowest BCUT2D eigenvalue weighted by molar-refractivity contribution is -0.116. The van der Waals surface area contributed by atoms with Gasteiger partial charge in [-0.25, -0.2) is 0 Å². The number of hydrogen-bond acceptors (Lipinski definition) is 3. The van der Waals surface area contributed by atoms with Crippen molar-refractivity contribution in [3.8, 4) is 0 Å². The zero-order chi connectivity index (χ0) is 15.9. The van der Waals surface area contributed by atoms with E-state index in [0.29, 0.717) is 22.0 Å². The lowest BCUT2D eigenvalue weighted by Gasteiger charge is -2.12. The minimum absolute atomic E-state index is 0.193. The molecule has 0 atom stereocenters. The van der Waals surface area contributed by atoms with Crippen LogP contribution in [-0.2, 0) is 4.79 Å². The molecule has 5 nitrogen and oxygen atoms in total. The molecule has 0 bridgehead atoms. The van der Waals surface area contributed by atoms with Crippen LogP contribution in [0, 0.1) is 0 Å². The van der Waals surface area contributed by atoms with E-state index in [4.69, 9.17) is 17.3 Å². The fourth-order valence-electron chi connectivity index (χ4n) is 1.86. The average molecular weight is 318 g/mol. The van der Waals surface area contributed by atoms with E-state index in [1.165, 1.54) is 0 Å². The lowest BCUT2D eigenvalue weighted by Crippen LogP contribution is -2.18. The van der Waals surface area contributed by atoms with Crippen LogP contribution in [0.3, 0.4) is 0 Å². The number of carbonyl (C=O) groups is 2. The standard InChI is InChI=1S/C16H16ClN3O2/c17-12-6-7-13(14(10-12)19-15(21)8-9-18)20-16(22)11-4-2-1-3-5-11/h1-7,10H,8-9,18H2,(H,19,21)(H,20,22). The van der Waals surface area contributed by atoms with Crippen LogP contribution in [-0.4, -0.2) is 18.4 Å². The first-order chi connectivity index (χ1) is 10.6. The van der Waals surface area contributed by atoms with Crippen molar-refractivity contribution in [3.63, 3.8) is 0 Å². The molecule has 0 aromatic heterocycles. The number of nitrogens with two attached hydrogens (primary N) is 1. The highest BCUT2D eigenvalue weighted by Gasteiger charge is 2.11. The molecule has 2 amide bonds. The van der Waals surface area contributed by atoms with Crippen LogP contribution in [0.15, 0.2) is 48.5 Å². The predicted octanol–water partition coefficient (Wildman–Crippen LogP) is 2.88. The summed E-state index contributed by atoms with van der Waals surface area (Å²) >= 11 is 5.94. The quantitative estimate of drug-likeness (QED) is 0.792. The van der Waals surface area contributed by atoms with E-state index in [0.717, 1.165) is 0 Å². The SMILES string of the molecule is NCCC(=O)Nc1cc(Cl)ccc1NC(=O)c1ccccc1. The Balaban J connectivity index is 2.19. The molecule has 2 aromatic carbocycles. The first-order valence-electron chi connectivity index (χ1n) is 6.76. The van der Waals surface area contributed by atoms with E-state index < -0.39 is 0 Å². The summed E-state index contributed by atoms with van der Waals surface area (Å²) in [5.74, 6) is -0.503. The van der Waals surface area contributed by atoms with Crippen molar-refractivity contribution in [2.75, 3.05) is 17.2 Å². The normalized spacial score (nSPS) is 10.1. The molecular weight excluding hydrogens is 302 g/mol. The van der Waals surface area contributed by atoms with Crippen molar-refractivity contribution >= 4 is 34.8 Å². The molecule has 0 fully saturated rings. The molecule has 0 aliphatic carbocycles. The Bertz CT molecular complexity index is 674. The van der Waals surface area contributed by atoms with E-state index >= 15 is 0 Å². The summed E-state index contributed by atoms with van der Waals surface area (Å²) in [6.45, 7) is 0.248. The number of nitrogens with one attached hydrogen (secondary N) is 2. The van der Waals surface area contributed by atoms with Gasteiger partial charge in [0.05, 0.1) is 11.4 Å². The summed E-state index contributed by atoms with van der Waals surface area (Å²) in [6.07, 6.45) is 0.193. The Hall–Kier alpha value is -2.37. The number of anilines is 2. The van der Waals surface area contributed by atoms with E-state index in [-0.39, 0.29) is 24.8 Å². The largest absolute Gasteiger partial charge is 0.330 e. The van der Waals surface area contributed by atoms with Gasteiger partial charge in [0.15, 0.2) is 0 Å². The van der Waals surface area contributed by atoms with Gasteiger partial charge in [-0.05, 0) is 30.3 Å². The van der Waals surface area contributed by atoms with Gasteiger partial charge in [-0.3, -0.25) is 9.59 Å². The molecule has 0 radical (unpaired) electrons. The molecule has 0 spiro atoms. The van der Waals surface area contributed by atoms with Gasteiger partial charge >= 0.3 is 0 Å². The second kappa shape index (κ2) is 7.59. The Morgan fingerprint density at radius 2 is 1.73 bits per heavy atom. The maximum Gasteiger partial charge on any atom is 0.255 e.